The van der Waals surface area contributed by atoms with Crippen molar-refractivity contribution in [2.24, 2.45) is 0 Å². The lowest BCUT2D eigenvalue weighted by Gasteiger charge is -2.27. The smallest absolute Gasteiger partial charge is 0.276 e. The summed E-state index contributed by atoms with van der Waals surface area (Å²) in [6, 6.07) is 8.09. The number of rotatable bonds is 2. The molecule has 2 heterocycles. The molecule has 0 saturated heterocycles. The Bertz CT molecular complexity index is 721. The van der Waals surface area contributed by atoms with Gasteiger partial charge in [-0.15, -0.1) is 0 Å². The predicted octanol–water partition coefficient (Wildman–Crippen LogP) is 0.851. The number of aromatic nitrogens is 2. The molecule has 0 unspecified atom stereocenters. The van der Waals surface area contributed by atoms with Gasteiger partial charge in [-0.05, 0) is 18.2 Å². The number of nitrogens with one attached hydrogen (secondary N) is 2. The molecule has 108 valence electrons. The molecular formula is C14H14N4O3. The van der Waals surface area contributed by atoms with Crippen LogP contribution < -0.4 is 20.5 Å². The van der Waals surface area contributed by atoms with Crippen LogP contribution in [0, 0.1) is 0 Å². The zero-order valence-corrected chi connectivity index (χ0v) is 11.4. The molecule has 3 rings (SSSR count). The first-order valence-electron chi connectivity index (χ1n) is 6.48. The molecular weight excluding hydrogens is 272 g/mol. The van der Waals surface area contributed by atoms with Crippen molar-refractivity contribution in [1.29, 1.82) is 0 Å². The standard InChI is InChI=1S/C14H14N4O3/c1-18-6-7-21-12-8-9(2-4-11(12)18)15-14(20)10-3-5-13(19)17-16-10/h2-5,8H,6-7H2,1H3,(H,15,20)(H,17,19). The van der Waals surface area contributed by atoms with Crippen molar-refractivity contribution in [3.05, 3.63) is 46.4 Å². The molecule has 1 aromatic heterocycles. The summed E-state index contributed by atoms with van der Waals surface area (Å²) >= 11 is 0. The van der Waals surface area contributed by atoms with E-state index in [9.17, 15) is 9.59 Å². The molecule has 1 aliphatic heterocycles. The molecule has 0 bridgehead atoms. The van der Waals surface area contributed by atoms with E-state index in [0.29, 0.717) is 12.3 Å². The van der Waals surface area contributed by atoms with E-state index in [1.54, 1.807) is 12.1 Å². The summed E-state index contributed by atoms with van der Waals surface area (Å²) in [5.41, 5.74) is 1.39. The first-order chi connectivity index (χ1) is 10.1. The Morgan fingerprint density at radius 1 is 1.38 bits per heavy atom. The van der Waals surface area contributed by atoms with Crippen molar-refractivity contribution >= 4 is 17.3 Å². The Morgan fingerprint density at radius 2 is 2.24 bits per heavy atom. The molecule has 0 saturated carbocycles. The molecule has 0 spiro atoms. The number of amides is 1. The van der Waals surface area contributed by atoms with E-state index in [-0.39, 0.29) is 11.3 Å². The molecule has 0 radical (unpaired) electrons. The highest BCUT2D eigenvalue weighted by molar-refractivity contribution is 6.02. The molecule has 2 N–H and O–H groups in total. The molecule has 0 atom stereocenters. The van der Waals surface area contributed by atoms with Crippen molar-refractivity contribution in [3.63, 3.8) is 0 Å². The molecule has 21 heavy (non-hydrogen) atoms. The number of anilines is 2. The average Bonchev–Trinajstić information content (AvgIpc) is 2.48. The molecule has 0 fully saturated rings. The fourth-order valence-corrected chi connectivity index (χ4v) is 2.10. The van der Waals surface area contributed by atoms with E-state index in [4.69, 9.17) is 4.74 Å². The van der Waals surface area contributed by atoms with Crippen molar-refractivity contribution in [3.8, 4) is 5.75 Å². The fourth-order valence-electron chi connectivity index (χ4n) is 2.10. The highest BCUT2D eigenvalue weighted by Gasteiger charge is 2.16. The van der Waals surface area contributed by atoms with Crippen LogP contribution in [0.1, 0.15) is 10.5 Å². The number of H-pyrrole nitrogens is 1. The Kier molecular flexibility index (Phi) is 3.31. The van der Waals surface area contributed by atoms with Crippen LogP contribution in [0.3, 0.4) is 0 Å². The van der Waals surface area contributed by atoms with E-state index >= 15 is 0 Å². The number of carbonyl (C=O) groups excluding carboxylic acids is 1. The summed E-state index contributed by atoms with van der Waals surface area (Å²) in [5.74, 6) is 0.339. The van der Waals surface area contributed by atoms with Crippen molar-refractivity contribution in [1.82, 2.24) is 10.2 Å². The molecule has 1 aliphatic rings. The minimum Gasteiger partial charge on any atom is -0.489 e. The van der Waals surface area contributed by atoms with Crippen molar-refractivity contribution in [2.75, 3.05) is 30.4 Å². The fraction of sp³-hybridized carbons (Fsp3) is 0.214. The van der Waals surface area contributed by atoms with Crippen LogP contribution in [-0.4, -0.2) is 36.3 Å². The largest absolute Gasteiger partial charge is 0.489 e. The lowest BCUT2D eigenvalue weighted by Crippen LogP contribution is -2.28. The van der Waals surface area contributed by atoms with E-state index in [1.807, 2.05) is 13.1 Å². The molecule has 1 aromatic carbocycles. The minimum absolute atomic E-state index is 0.144. The van der Waals surface area contributed by atoms with Gasteiger partial charge in [0, 0.05) is 24.9 Å². The predicted molar refractivity (Wildman–Crippen MR) is 78.0 cm³/mol. The lowest BCUT2D eigenvalue weighted by atomic mass is 10.2. The van der Waals surface area contributed by atoms with E-state index in [2.05, 4.69) is 20.4 Å². The number of benzene rings is 1. The van der Waals surface area contributed by atoms with Gasteiger partial charge in [-0.1, -0.05) is 0 Å². The zero-order chi connectivity index (χ0) is 14.8. The van der Waals surface area contributed by atoms with Crippen LogP contribution in [0.15, 0.2) is 35.1 Å². The Morgan fingerprint density at radius 3 is 3.00 bits per heavy atom. The van der Waals surface area contributed by atoms with Crippen molar-refractivity contribution in [2.45, 2.75) is 0 Å². The van der Waals surface area contributed by atoms with E-state index in [0.717, 1.165) is 18.0 Å². The van der Waals surface area contributed by atoms with Gasteiger partial charge in [0.15, 0.2) is 0 Å². The summed E-state index contributed by atoms with van der Waals surface area (Å²) in [4.78, 5) is 25.0. The second-order valence-electron chi connectivity index (χ2n) is 4.71. The van der Waals surface area contributed by atoms with Gasteiger partial charge in [0.05, 0.1) is 12.2 Å². The topological polar surface area (TPSA) is 87.3 Å². The van der Waals surface area contributed by atoms with Gasteiger partial charge in [0.2, 0.25) is 0 Å². The van der Waals surface area contributed by atoms with E-state index < -0.39 is 5.91 Å². The van der Waals surface area contributed by atoms with Crippen LogP contribution >= 0.6 is 0 Å². The van der Waals surface area contributed by atoms with Gasteiger partial charge in [-0.25, -0.2) is 5.10 Å². The molecule has 1 amide bonds. The highest BCUT2D eigenvalue weighted by atomic mass is 16.5. The Hall–Kier alpha value is -2.83. The number of fused-ring (bicyclic) bond motifs is 1. The highest BCUT2D eigenvalue weighted by Crippen LogP contribution is 2.33. The number of nitrogens with zero attached hydrogens (tertiary/aromatic N) is 2. The minimum atomic E-state index is -0.393. The average molecular weight is 286 g/mol. The van der Waals surface area contributed by atoms with Gasteiger partial charge in [0.25, 0.3) is 11.5 Å². The maximum atomic E-state index is 12.0. The maximum Gasteiger partial charge on any atom is 0.276 e. The van der Waals surface area contributed by atoms with Gasteiger partial charge in [-0.2, -0.15) is 5.10 Å². The second kappa shape index (κ2) is 5.28. The summed E-state index contributed by atoms with van der Waals surface area (Å²) in [6.45, 7) is 1.45. The van der Waals surface area contributed by atoms with Gasteiger partial charge >= 0.3 is 0 Å². The Balaban J connectivity index is 1.80. The summed E-state index contributed by atoms with van der Waals surface area (Å²) in [5, 5.41) is 8.63. The SMILES string of the molecule is CN1CCOc2cc(NC(=O)c3ccc(=O)[nH]n3)ccc21. The first-order valence-corrected chi connectivity index (χ1v) is 6.48. The molecule has 7 nitrogen and oxygen atoms in total. The molecule has 2 aromatic rings. The van der Waals surface area contributed by atoms with Gasteiger partial charge in [0.1, 0.15) is 18.1 Å². The summed E-state index contributed by atoms with van der Waals surface area (Å²) in [6.07, 6.45) is 0. The first kappa shape index (κ1) is 13.2. The molecule has 0 aliphatic carbocycles. The summed E-state index contributed by atoms with van der Waals surface area (Å²) in [7, 11) is 1.99. The summed E-state index contributed by atoms with van der Waals surface area (Å²) < 4.78 is 5.58. The molecule has 7 heteroatoms. The number of likely N-dealkylation sites (N-methyl/N-ethyl adjacent to an activating group) is 1. The number of hydrogen-bond acceptors (Lipinski definition) is 5. The number of ether oxygens (including phenoxy) is 1. The van der Waals surface area contributed by atoms with Crippen LogP contribution in [0.5, 0.6) is 5.75 Å². The Labute approximate surface area is 120 Å². The quantitative estimate of drug-likeness (QED) is 0.854. The van der Waals surface area contributed by atoms with Gasteiger partial charge in [-0.3, -0.25) is 9.59 Å². The third kappa shape index (κ3) is 2.71. The third-order valence-corrected chi connectivity index (χ3v) is 3.22. The lowest BCUT2D eigenvalue weighted by molar-refractivity contribution is 0.102. The van der Waals surface area contributed by atoms with Crippen LogP contribution in [0.4, 0.5) is 11.4 Å². The van der Waals surface area contributed by atoms with Crippen LogP contribution in [0.2, 0.25) is 0 Å². The number of hydrogen-bond donors (Lipinski definition) is 2. The van der Waals surface area contributed by atoms with Crippen LogP contribution in [-0.2, 0) is 0 Å². The maximum absolute atomic E-state index is 12.0. The van der Waals surface area contributed by atoms with Gasteiger partial charge < -0.3 is 15.0 Å². The zero-order valence-electron chi connectivity index (χ0n) is 11.4. The second-order valence-corrected chi connectivity index (χ2v) is 4.71. The third-order valence-electron chi connectivity index (χ3n) is 3.22. The van der Waals surface area contributed by atoms with E-state index in [1.165, 1.54) is 12.1 Å². The van der Waals surface area contributed by atoms with Crippen LogP contribution in [0.25, 0.3) is 0 Å². The normalized spacial score (nSPS) is 13.3. The van der Waals surface area contributed by atoms with Crippen molar-refractivity contribution < 1.29 is 9.53 Å². The monoisotopic (exact) mass is 286 g/mol. The number of carbonyl (C=O) groups is 1. The number of aromatic amines is 1.